The van der Waals surface area contributed by atoms with Crippen LogP contribution in [0.2, 0.25) is 0 Å². The molecular formula is C22H28N2O3. The molecule has 1 N–H and O–H groups in total. The van der Waals surface area contributed by atoms with Gasteiger partial charge in [-0.15, -0.1) is 0 Å². The van der Waals surface area contributed by atoms with Crippen LogP contribution in [0.4, 0.5) is 5.69 Å². The number of hydrogen-bond donors (Lipinski definition) is 1. The molecular weight excluding hydrogens is 340 g/mol. The van der Waals surface area contributed by atoms with Gasteiger partial charge in [-0.3, -0.25) is 4.79 Å². The Morgan fingerprint density at radius 1 is 1.19 bits per heavy atom. The summed E-state index contributed by atoms with van der Waals surface area (Å²) in [4.78, 5) is 17.5. The lowest BCUT2D eigenvalue weighted by Crippen LogP contribution is -2.44. The van der Waals surface area contributed by atoms with Crippen LogP contribution >= 0.6 is 0 Å². The number of carbonyl (C=O) groups is 1. The molecule has 1 saturated heterocycles. The van der Waals surface area contributed by atoms with E-state index < -0.39 is 5.41 Å². The highest BCUT2D eigenvalue weighted by atomic mass is 16.5. The second-order valence-electron chi connectivity index (χ2n) is 7.10. The van der Waals surface area contributed by atoms with Gasteiger partial charge in [-0.2, -0.15) is 0 Å². The average molecular weight is 368 g/mol. The van der Waals surface area contributed by atoms with Crippen molar-refractivity contribution in [3.8, 4) is 5.88 Å². The van der Waals surface area contributed by atoms with Crippen LogP contribution < -0.4 is 10.1 Å². The maximum atomic E-state index is 13.2. The number of unbranched alkanes of at least 4 members (excludes halogenated alkanes) is 1. The third-order valence-corrected chi connectivity index (χ3v) is 5.13. The number of pyridine rings is 1. The summed E-state index contributed by atoms with van der Waals surface area (Å²) in [7, 11) is 0. The smallest absolute Gasteiger partial charge is 0.235 e. The van der Waals surface area contributed by atoms with Gasteiger partial charge >= 0.3 is 0 Å². The minimum absolute atomic E-state index is 0.00361. The quantitative estimate of drug-likeness (QED) is 0.742. The van der Waals surface area contributed by atoms with Gasteiger partial charge in [0.2, 0.25) is 11.8 Å². The monoisotopic (exact) mass is 368 g/mol. The van der Waals surface area contributed by atoms with Gasteiger partial charge in [0.15, 0.2) is 0 Å². The third kappa shape index (κ3) is 4.66. The summed E-state index contributed by atoms with van der Waals surface area (Å²) >= 11 is 0. The molecule has 0 unspecified atom stereocenters. The Hall–Kier alpha value is -2.40. The van der Waals surface area contributed by atoms with Crippen molar-refractivity contribution in [3.63, 3.8) is 0 Å². The number of carbonyl (C=O) groups excluding carboxylic acids is 1. The molecule has 1 aliphatic heterocycles. The number of benzene rings is 1. The molecule has 3 rings (SSSR count). The second kappa shape index (κ2) is 9.00. The molecule has 1 aliphatic rings. The molecule has 1 aromatic heterocycles. The molecule has 0 atom stereocenters. The van der Waals surface area contributed by atoms with E-state index in [0.29, 0.717) is 44.2 Å². The van der Waals surface area contributed by atoms with Crippen LogP contribution in [-0.4, -0.2) is 30.7 Å². The Balaban J connectivity index is 1.74. The van der Waals surface area contributed by atoms with E-state index >= 15 is 0 Å². The third-order valence-electron chi connectivity index (χ3n) is 5.13. The van der Waals surface area contributed by atoms with Gasteiger partial charge in [-0.05, 0) is 37.8 Å². The van der Waals surface area contributed by atoms with Crippen molar-refractivity contribution < 1.29 is 14.3 Å². The molecule has 5 nitrogen and oxygen atoms in total. The average Bonchev–Trinajstić information content (AvgIpc) is 2.70. The van der Waals surface area contributed by atoms with Gasteiger partial charge < -0.3 is 14.8 Å². The van der Waals surface area contributed by atoms with Crippen LogP contribution in [0, 0.1) is 6.92 Å². The standard InChI is InChI=1S/C22H28N2O3/c1-3-4-13-27-20-10-9-19(16-23-20)24-21(25)22(11-14-26-15-12-22)18-7-5-17(2)6-8-18/h5-10,16H,3-4,11-15H2,1-2H3,(H,24,25). The first-order valence-corrected chi connectivity index (χ1v) is 9.69. The van der Waals surface area contributed by atoms with Gasteiger partial charge in [0, 0.05) is 19.3 Å². The Morgan fingerprint density at radius 3 is 2.56 bits per heavy atom. The maximum absolute atomic E-state index is 13.2. The maximum Gasteiger partial charge on any atom is 0.235 e. The predicted octanol–water partition coefficient (Wildman–Crippen LogP) is 4.26. The summed E-state index contributed by atoms with van der Waals surface area (Å²) in [6.07, 6.45) is 5.09. The number of ether oxygens (including phenoxy) is 2. The number of hydrogen-bond acceptors (Lipinski definition) is 4. The molecule has 144 valence electrons. The predicted molar refractivity (Wildman–Crippen MR) is 106 cm³/mol. The van der Waals surface area contributed by atoms with Crippen LogP contribution in [0.1, 0.15) is 43.7 Å². The number of nitrogens with one attached hydrogen (secondary N) is 1. The van der Waals surface area contributed by atoms with Gasteiger partial charge in [0.25, 0.3) is 0 Å². The Kier molecular flexibility index (Phi) is 6.45. The Bertz CT molecular complexity index is 735. The number of aryl methyl sites for hydroxylation is 1. The Morgan fingerprint density at radius 2 is 1.93 bits per heavy atom. The van der Waals surface area contributed by atoms with Crippen molar-refractivity contribution in [2.45, 2.75) is 44.9 Å². The minimum atomic E-state index is -0.567. The van der Waals surface area contributed by atoms with Crippen LogP contribution in [0.5, 0.6) is 5.88 Å². The lowest BCUT2D eigenvalue weighted by molar-refractivity contribution is -0.125. The molecule has 0 aliphatic carbocycles. The molecule has 27 heavy (non-hydrogen) atoms. The number of aromatic nitrogens is 1. The van der Waals surface area contributed by atoms with Crippen molar-refractivity contribution in [1.29, 1.82) is 0 Å². The first-order chi connectivity index (χ1) is 13.1. The lowest BCUT2D eigenvalue weighted by atomic mass is 9.73. The molecule has 2 heterocycles. The molecule has 0 bridgehead atoms. The molecule has 1 aromatic carbocycles. The van der Waals surface area contributed by atoms with E-state index in [1.807, 2.05) is 6.07 Å². The summed E-state index contributed by atoms with van der Waals surface area (Å²) in [5.41, 5.74) is 2.34. The lowest BCUT2D eigenvalue weighted by Gasteiger charge is -2.36. The first kappa shape index (κ1) is 19.4. The molecule has 0 spiro atoms. The minimum Gasteiger partial charge on any atom is -0.478 e. The van der Waals surface area contributed by atoms with Crippen LogP contribution in [0.25, 0.3) is 0 Å². The topological polar surface area (TPSA) is 60.5 Å². The highest BCUT2D eigenvalue weighted by Crippen LogP contribution is 2.36. The molecule has 1 amide bonds. The van der Waals surface area contributed by atoms with E-state index in [2.05, 4.69) is 48.4 Å². The van der Waals surface area contributed by atoms with Crippen molar-refractivity contribution in [2.75, 3.05) is 25.1 Å². The van der Waals surface area contributed by atoms with E-state index in [9.17, 15) is 4.79 Å². The SMILES string of the molecule is CCCCOc1ccc(NC(=O)C2(c3ccc(C)cc3)CCOCC2)cn1. The number of anilines is 1. The van der Waals surface area contributed by atoms with E-state index in [4.69, 9.17) is 9.47 Å². The van der Waals surface area contributed by atoms with E-state index in [1.54, 1.807) is 12.3 Å². The van der Waals surface area contributed by atoms with Crippen LogP contribution in [-0.2, 0) is 14.9 Å². The molecule has 0 radical (unpaired) electrons. The first-order valence-electron chi connectivity index (χ1n) is 9.69. The fraction of sp³-hybridized carbons (Fsp3) is 0.455. The fourth-order valence-electron chi connectivity index (χ4n) is 3.35. The summed E-state index contributed by atoms with van der Waals surface area (Å²) in [6, 6.07) is 11.9. The molecule has 0 saturated carbocycles. The van der Waals surface area contributed by atoms with E-state index in [1.165, 1.54) is 5.56 Å². The van der Waals surface area contributed by atoms with Gasteiger partial charge in [0.05, 0.1) is 23.9 Å². The van der Waals surface area contributed by atoms with Crippen molar-refractivity contribution in [1.82, 2.24) is 4.98 Å². The van der Waals surface area contributed by atoms with Gasteiger partial charge in [0.1, 0.15) is 0 Å². The van der Waals surface area contributed by atoms with Crippen LogP contribution in [0.3, 0.4) is 0 Å². The highest BCUT2D eigenvalue weighted by Gasteiger charge is 2.41. The fourth-order valence-corrected chi connectivity index (χ4v) is 3.35. The number of nitrogens with zero attached hydrogens (tertiary/aromatic N) is 1. The van der Waals surface area contributed by atoms with E-state index in [-0.39, 0.29) is 5.91 Å². The van der Waals surface area contributed by atoms with Gasteiger partial charge in [-0.1, -0.05) is 43.2 Å². The highest BCUT2D eigenvalue weighted by molar-refractivity contribution is 5.99. The second-order valence-corrected chi connectivity index (χ2v) is 7.10. The largest absolute Gasteiger partial charge is 0.478 e. The van der Waals surface area contributed by atoms with Crippen molar-refractivity contribution in [2.24, 2.45) is 0 Å². The Labute approximate surface area is 161 Å². The summed E-state index contributed by atoms with van der Waals surface area (Å²) in [6.45, 7) is 6.01. The van der Waals surface area contributed by atoms with Gasteiger partial charge in [-0.25, -0.2) is 4.98 Å². The number of amides is 1. The molecule has 1 fully saturated rings. The van der Waals surface area contributed by atoms with Crippen molar-refractivity contribution >= 4 is 11.6 Å². The summed E-state index contributed by atoms with van der Waals surface area (Å²) < 4.78 is 11.1. The zero-order valence-corrected chi connectivity index (χ0v) is 16.2. The van der Waals surface area contributed by atoms with Crippen molar-refractivity contribution in [3.05, 3.63) is 53.7 Å². The summed E-state index contributed by atoms with van der Waals surface area (Å²) in [5, 5.41) is 3.05. The zero-order chi connectivity index (χ0) is 19.1. The molecule has 5 heteroatoms. The zero-order valence-electron chi connectivity index (χ0n) is 16.2. The summed E-state index contributed by atoms with van der Waals surface area (Å²) in [5.74, 6) is 0.580. The van der Waals surface area contributed by atoms with E-state index in [0.717, 1.165) is 18.4 Å². The normalized spacial score (nSPS) is 15.9. The van der Waals surface area contributed by atoms with Crippen LogP contribution in [0.15, 0.2) is 42.6 Å². The molecule has 2 aromatic rings. The number of rotatable bonds is 7.